The number of likely N-dealkylation sites (tertiary alicyclic amines) is 1. The van der Waals surface area contributed by atoms with Crippen LogP contribution in [0.5, 0.6) is 0 Å². The zero-order valence-corrected chi connectivity index (χ0v) is 17.4. The number of H-pyrrole nitrogens is 1. The summed E-state index contributed by atoms with van der Waals surface area (Å²) < 4.78 is 1.58. The van der Waals surface area contributed by atoms with Gasteiger partial charge in [-0.1, -0.05) is 29.8 Å². The van der Waals surface area contributed by atoms with Crippen LogP contribution in [-0.2, 0) is 13.5 Å². The van der Waals surface area contributed by atoms with Crippen LogP contribution in [0.3, 0.4) is 0 Å². The third-order valence-corrected chi connectivity index (χ3v) is 6.04. The van der Waals surface area contributed by atoms with Crippen LogP contribution < -0.4 is 5.56 Å². The summed E-state index contributed by atoms with van der Waals surface area (Å²) in [4.78, 5) is 31.8. The SMILES string of the molecule is Cc1ccc(CCC2CCN(C(=O)c3cc(C)nc4c3c(=O)[nH]n4C)CC2)cc1. The first-order valence-corrected chi connectivity index (χ1v) is 10.3. The molecule has 1 aromatic carbocycles. The number of benzene rings is 1. The van der Waals surface area contributed by atoms with E-state index in [1.165, 1.54) is 11.1 Å². The minimum Gasteiger partial charge on any atom is -0.339 e. The van der Waals surface area contributed by atoms with Gasteiger partial charge in [-0.05, 0) is 57.1 Å². The molecule has 6 nitrogen and oxygen atoms in total. The molecule has 0 unspecified atom stereocenters. The van der Waals surface area contributed by atoms with Gasteiger partial charge in [0.2, 0.25) is 0 Å². The number of aromatic nitrogens is 3. The molecular weight excluding hydrogens is 364 g/mol. The largest absolute Gasteiger partial charge is 0.339 e. The molecule has 0 aliphatic carbocycles. The summed E-state index contributed by atoms with van der Waals surface area (Å²) in [6.07, 6.45) is 4.26. The number of hydrogen-bond donors (Lipinski definition) is 1. The molecule has 0 atom stereocenters. The molecule has 1 amide bonds. The van der Waals surface area contributed by atoms with Gasteiger partial charge in [-0.3, -0.25) is 19.4 Å². The van der Waals surface area contributed by atoms with E-state index in [0.29, 0.717) is 22.5 Å². The highest BCUT2D eigenvalue weighted by molar-refractivity contribution is 6.05. The molecule has 6 heteroatoms. The summed E-state index contributed by atoms with van der Waals surface area (Å²) in [5.74, 6) is 0.578. The number of rotatable bonds is 4. The summed E-state index contributed by atoms with van der Waals surface area (Å²) in [7, 11) is 1.74. The average Bonchev–Trinajstić information content (AvgIpc) is 3.00. The van der Waals surface area contributed by atoms with Crippen molar-refractivity contribution in [3.05, 3.63) is 63.1 Å². The molecule has 0 bridgehead atoms. The maximum atomic E-state index is 13.2. The van der Waals surface area contributed by atoms with Gasteiger partial charge in [0.05, 0.1) is 10.9 Å². The van der Waals surface area contributed by atoms with Crippen LogP contribution >= 0.6 is 0 Å². The quantitative estimate of drug-likeness (QED) is 0.740. The van der Waals surface area contributed by atoms with E-state index in [4.69, 9.17) is 0 Å². The topological polar surface area (TPSA) is 71.0 Å². The lowest BCUT2D eigenvalue weighted by Gasteiger charge is -2.32. The fraction of sp³-hybridized carbons (Fsp3) is 0.435. The van der Waals surface area contributed by atoms with Gasteiger partial charge in [0, 0.05) is 25.8 Å². The highest BCUT2D eigenvalue weighted by Crippen LogP contribution is 2.25. The number of hydrogen-bond acceptors (Lipinski definition) is 3. The first-order chi connectivity index (χ1) is 13.9. The summed E-state index contributed by atoms with van der Waals surface area (Å²) in [6.45, 7) is 5.44. The maximum absolute atomic E-state index is 13.2. The fourth-order valence-electron chi connectivity index (χ4n) is 4.27. The number of carbonyl (C=O) groups is 1. The van der Waals surface area contributed by atoms with Crippen LogP contribution in [0, 0.1) is 19.8 Å². The second-order valence-corrected chi connectivity index (χ2v) is 8.27. The number of fused-ring (bicyclic) bond motifs is 1. The Morgan fingerprint density at radius 3 is 2.55 bits per heavy atom. The zero-order valence-electron chi connectivity index (χ0n) is 17.4. The van der Waals surface area contributed by atoms with Crippen molar-refractivity contribution in [1.29, 1.82) is 0 Å². The number of aryl methyl sites for hydroxylation is 4. The predicted octanol–water partition coefficient (Wildman–Crippen LogP) is 3.36. The van der Waals surface area contributed by atoms with Gasteiger partial charge >= 0.3 is 0 Å². The average molecular weight is 393 g/mol. The van der Waals surface area contributed by atoms with Gasteiger partial charge < -0.3 is 4.90 Å². The van der Waals surface area contributed by atoms with E-state index in [0.717, 1.165) is 44.5 Å². The van der Waals surface area contributed by atoms with Crippen molar-refractivity contribution in [1.82, 2.24) is 19.7 Å². The number of pyridine rings is 1. The van der Waals surface area contributed by atoms with E-state index in [9.17, 15) is 9.59 Å². The number of carbonyl (C=O) groups excluding carboxylic acids is 1. The van der Waals surface area contributed by atoms with Crippen LogP contribution in [-0.4, -0.2) is 38.7 Å². The molecule has 1 fully saturated rings. The van der Waals surface area contributed by atoms with E-state index >= 15 is 0 Å². The van der Waals surface area contributed by atoms with Gasteiger partial charge in [-0.2, -0.15) is 0 Å². The lowest BCUT2D eigenvalue weighted by atomic mass is 9.90. The predicted molar refractivity (Wildman–Crippen MR) is 114 cm³/mol. The molecule has 29 heavy (non-hydrogen) atoms. The highest BCUT2D eigenvalue weighted by Gasteiger charge is 2.26. The fourth-order valence-corrected chi connectivity index (χ4v) is 4.27. The van der Waals surface area contributed by atoms with E-state index < -0.39 is 0 Å². The minimum atomic E-state index is -0.258. The molecule has 2 aromatic heterocycles. The molecule has 1 N–H and O–H groups in total. The Balaban J connectivity index is 1.42. The van der Waals surface area contributed by atoms with Crippen LogP contribution in [0.4, 0.5) is 0 Å². The smallest absolute Gasteiger partial charge is 0.274 e. The van der Waals surface area contributed by atoms with Gasteiger partial charge in [0.1, 0.15) is 0 Å². The monoisotopic (exact) mass is 392 g/mol. The molecule has 152 valence electrons. The second-order valence-electron chi connectivity index (χ2n) is 8.27. The van der Waals surface area contributed by atoms with Crippen molar-refractivity contribution in [2.45, 2.75) is 39.5 Å². The minimum absolute atomic E-state index is 0.0609. The van der Waals surface area contributed by atoms with Crippen molar-refractivity contribution >= 4 is 16.9 Å². The molecule has 0 radical (unpaired) electrons. The summed E-state index contributed by atoms with van der Waals surface area (Å²) in [5.41, 5.74) is 4.15. The molecule has 4 rings (SSSR count). The summed E-state index contributed by atoms with van der Waals surface area (Å²) in [5, 5.41) is 3.10. The maximum Gasteiger partial charge on any atom is 0.274 e. The molecule has 3 heterocycles. The Kier molecular flexibility index (Phi) is 5.26. The Morgan fingerprint density at radius 2 is 1.86 bits per heavy atom. The number of amides is 1. The van der Waals surface area contributed by atoms with Gasteiger partial charge in [-0.25, -0.2) is 4.98 Å². The van der Waals surface area contributed by atoms with E-state index in [-0.39, 0.29) is 11.5 Å². The zero-order chi connectivity index (χ0) is 20.5. The van der Waals surface area contributed by atoms with Crippen LogP contribution in [0.25, 0.3) is 11.0 Å². The Morgan fingerprint density at radius 1 is 1.17 bits per heavy atom. The number of aromatic amines is 1. The lowest BCUT2D eigenvalue weighted by Crippen LogP contribution is -2.39. The van der Waals surface area contributed by atoms with Crippen molar-refractivity contribution in [2.75, 3.05) is 13.1 Å². The first kappa shape index (κ1) is 19.4. The standard InChI is InChI=1S/C23H28N4O2/c1-15-4-6-17(7-5-15)8-9-18-10-12-27(13-11-18)23(29)19-14-16(2)24-21-20(19)22(28)25-26(21)3/h4-7,14,18H,8-13H2,1-3H3,(H,25,28). The van der Waals surface area contributed by atoms with Gasteiger partial charge in [0.15, 0.2) is 5.65 Å². The lowest BCUT2D eigenvalue weighted by molar-refractivity contribution is 0.0688. The van der Waals surface area contributed by atoms with E-state index in [1.54, 1.807) is 17.8 Å². The van der Waals surface area contributed by atoms with Gasteiger partial charge in [0.25, 0.3) is 11.5 Å². The van der Waals surface area contributed by atoms with Gasteiger partial charge in [-0.15, -0.1) is 0 Å². The Hall–Kier alpha value is -2.89. The molecular formula is C23H28N4O2. The molecule has 1 saturated heterocycles. The van der Waals surface area contributed by atoms with Crippen molar-refractivity contribution in [2.24, 2.45) is 13.0 Å². The number of nitrogens with zero attached hydrogens (tertiary/aromatic N) is 3. The Bertz CT molecular complexity index is 1090. The van der Waals surface area contributed by atoms with E-state index in [2.05, 4.69) is 41.3 Å². The van der Waals surface area contributed by atoms with Crippen molar-refractivity contribution < 1.29 is 4.79 Å². The normalized spacial score (nSPS) is 15.2. The van der Waals surface area contributed by atoms with E-state index in [1.807, 2.05) is 11.8 Å². The number of piperidine rings is 1. The molecule has 1 aliphatic rings. The third-order valence-electron chi connectivity index (χ3n) is 6.04. The Labute approximate surface area is 170 Å². The van der Waals surface area contributed by atoms with Crippen LogP contribution in [0.15, 0.2) is 35.1 Å². The van der Waals surface area contributed by atoms with Crippen LogP contribution in [0.1, 0.15) is 46.4 Å². The number of nitrogens with one attached hydrogen (secondary N) is 1. The molecule has 0 spiro atoms. The first-order valence-electron chi connectivity index (χ1n) is 10.3. The molecule has 3 aromatic rings. The highest BCUT2D eigenvalue weighted by atomic mass is 16.2. The van der Waals surface area contributed by atoms with Crippen LogP contribution in [0.2, 0.25) is 0 Å². The summed E-state index contributed by atoms with van der Waals surface area (Å²) in [6, 6.07) is 10.5. The summed E-state index contributed by atoms with van der Waals surface area (Å²) >= 11 is 0. The molecule has 0 saturated carbocycles. The van der Waals surface area contributed by atoms with Crippen molar-refractivity contribution in [3.63, 3.8) is 0 Å². The molecule has 1 aliphatic heterocycles. The second kappa shape index (κ2) is 7.85. The van der Waals surface area contributed by atoms with Crippen molar-refractivity contribution in [3.8, 4) is 0 Å². The third kappa shape index (κ3) is 3.97.